The number of anilines is 1. The molecule has 1 saturated carbocycles. The molecule has 13 heteroatoms. The Morgan fingerprint density at radius 2 is 2.00 bits per heavy atom. The van der Waals surface area contributed by atoms with Crippen LogP contribution in [0.15, 0.2) is 42.7 Å². The van der Waals surface area contributed by atoms with Crippen LogP contribution < -0.4 is 5.32 Å². The molecule has 39 heavy (non-hydrogen) atoms. The van der Waals surface area contributed by atoms with Crippen LogP contribution in [0.2, 0.25) is 5.02 Å². The number of rotatable bonds is 8. The molecular formula is C26H26ClN9O3. The van der Waals surface area contributed by atoms with Crippen molar-refractivity contribution in [3.63, 3.8) is 0 Å². The molecule has 200 valence electrons. The number of halogens is 1. The van der Waals surface area contributed by atoms with Crippen LogP contribution in [0.1, 0.15) is 40.6 Å². The maximum Gasteiger partial charge on any atom is 0.259 e. The van der Waals surface area contributed by atoms with Crippen molar-refractivity contribution in [2.75, 3.05) is 11.9 Å². The fourth-order valence-corrected chi connectivity index (χ4v) is 4.78. The Hall–Kier alpha value is -4.13. The summed E-state index contributed by atoms with van der Waals surface area (Å²) in [6.45, 7) is 3.61. The number of aryl methyl sites for hydroxylation is 1. The number of aliphatic hydroxyl groups is 2. The van der Waals surface area contributed by atoms with Crippen molar-refractivity contribution in [1.82, 2.24) is 39.6 Å². The van der Waals surface area contributed by atoms with E-state index in [1.54, 1.807) is 38.4 Å². The van der Waals surface area contributed by atoms with Gasteiger partial charge in [-0.3, -0.25) is 9.48 Å². The molecule has 6 rings (SSSR count). The van der Waals surface area contributed by atoms with Crippen molar-refractivity contribution in [2.24, 2.45) is 0 Å². The van der Waals surface area contributed by atoms with E-state index in [1.165, 1.54) is 6.20 Å². The van der Waals surface area contributed by atoms with Gasteiger partial charge in [-0.05, 0) is 67.8 Å². The molecule has 1 unspecified atom stereocenters. The monoisotopic (exact) mass is 547 g/mol. The van der Waals surface area contributed by atoms with Gasteiger partial charge in [0.05, 0.1) is 59.0 Å². The number of aliphatic hydroxyl groups excluding tert-OH is 2. The maximum absolute atomic E-state index is 13.4. The summed E-state index contributed by atoms with van der Waals surface area (Å²) in [5.74, 6) is 0.0958. The number of nitrogens with zero attached hydrogens (tertiary/aromatic N) is 8. The molecule has 1 fully saturated rings. The van der Waals surface area contributed by atoms with Crippen LogP contribution in [-0.2, 0) is 6.54 Å². The third-order valence-corrected chi connectivity index (χ3v) is 7.13. The van der Waals surface area contributed by atoms with Crippen molar-refractivity contribution in [3.05, 3.63) is 64.7 Å². The van der Waals surface area contributed by atoms with Gasteiger partial charge in [-0.1, -0.05) is 11.6 Å². The van der Waals surface area contributed by atoms with E-state index >= 15 is 0 Å². The number of nitrogens with one attached hydrogen (secondary N) is 1. The average Bonchev–Trinajstić information content (AvgIpc) is 3.38. The Balaban J connectivity index is 1.29. The van der Waals surface area contributed by atoms with Gasteiger partial charge in [-0.2, -0.15) is 15.0 Å². The van der Waals surface area contributed by atoms with E-state index in [9.17, 15) is 15.0 Å². The van der Waals surface area contributed by atoms with Crippen molar-refractivity contribution >= 4 is 28.7 Å². The molecule has 1 atom stereocenters. The predicted molar refractivity (Wildman–Crippen MR) is 143 cm³/mol. The minimum Gasteiger partial charge on any atom is -0.394 e. The highest BCUT2D eigenvalue weighted by molar-refractivity contribution is 6.34. The van der Waals surface area contributed by atoms with Gasteiger partial charge < -0.3 is 15.5 Å². The molecule has 5 aromatic rings. The third-order valence-electron chi connectivity index (χ3n) is 6.81. The zero-order valence-corrected chi connectivity index (χ0v) is 22.0. The summed E-state index contributed by atoms with van der Waals surface area (Å²) >= 11 is 6.42. The van der Waals surface area contributed by atoms with Crippen LogP contribution in [0.4, 0.5) is 5.69 Å². The second-order valence-corrected chi connectivity index (χ2v) is 10.1. The molecule has 1 aliphatic rings. The minimum absolute atomic E-state index is 0.179. The van der Waals surface area contributed by atoms with Crippen molar-refractivity contribution in [1.29, 1.82) is 0 Å². The average molecular weight is 548 g/mol. The van der Waals surface area contributed by atoms with E-state index < -0.39 is 6.10 Å². The Bertz CT molecular complexity index is 1700. The number of aromatic nitrogens is 8. The lowest BCUT2D eigenvalue weighted by atomic mass is 10.0. The number of carbonyl (C=O) groups excluding carboxylic acids is 1. The molecular weight excluding hydrogens is 522 g/mol. The number of amides is 1. The first-order valence-corrected chi connectivity index (χ1v) is 12.9. The number of hydrogen-bond acceptors (Lipinski definition) is 8. The van der Waals surface area contributed by atoms with E-state index in [2.05, 4.69) is 30.9 Å². The highest BCUT2D eigenvalue weighted by atomic mass is 35.5. The number of hydrogen-bond donors (Lipinski definition) is 3. The van der Waals surface area contributed by atoms with Gasteiger partial charge in [0, 0.05) is 23.0 Å². The molecule has 0 spiro atoms. The predicted octanol–water partition coefficient (Wildman–Crippen LogP) is 3.06. The molecule has 4 heterocycles. The quantitative estimate of drug-likeness (QED) is 0.268. The number of fused-ring (bicyclic) bond motifs is 1. The fourth-order valence-electron chi connectivity index (χ4n) is 4.61. The highest BCUT2D eigenvalue weighted by Crippen LogP contribution is 2.34. The summed E-state index contributed by atoms with van der Waals surface area (Å²) in [5.41, 5.74) is 5.43. The van der Waals surface area contributed by atoms with Gasteiger partial charge in [0.2, 0.25) is 5.82 Å². The molecule has 0 radical (unpaired) electrons. The van der Waals surface area contributed by atoms with Gasteiger partial charge in [0.1, 0.15) is 0 Å². The number of pyridine rings is 1. The lowest BCUT2D eigenvalue weighted by Crippen LogP contribution is -2.21. The van der Waals surface area contributed by atoms with Crippen LogP contribution in [0.25, 0.3) is 28.0 Å². The lowest BCUT2D eigenvalue weighted by molar-refractivity contribution is 0.0777. The number of tetrazole rings is 1. The van der Waals surface area contributed by atoms with Crippen LogP contribution in [0.3, 0.4) is 0 Å². The third kappa shape index (κ3) is 4.78. The first kappa shape index (κ1) is 25.2. The zero-order valence-electron chi connectivity index (χ0n) is 21.3. The summed E-state index contributed by atoms with van der Waals surface area (Å²) in [5, 5.41) is 44.0. The number of benzene rings is 1. The molecule has 4 aromatic heterocycles. The van der Waals surface area contributed by atoms with E-state index in [4.69, 9.17) is 11.6 Å². The van der Waals surface area contributed by atoms with Crippen molar-refractivity contribution in [2.45, 2.75) is 45.4 Å². The topological polar surface area (TPSA) is 148 Å². The van der Waals surface area contributed by atoms with Gasteiger partial charge in [0.15, 0.2) is 0 Å². The second kappa shape index (κ2) is 9.88. The standard InChI is InChI=1S/C26H26ClN9O3/c1-14-24(15(2)35(31-14)12-19(38)13-37)16-7-8-34-23(10-16)20(11-28-34)26(39)29-22-9-17(3-6-21(22)27)25-30-33-36(32-25)18-4-5-18/h3,6-11,18-19,37-38H,4-5,12-13H2,1-2H3,(H,29,39). The second-order valence-electron chi connectivity index (χ2n) is 9.68. The molecule has 12 nitrogen and oxygen atoms in total. The van der Waals surface area contributed by atoms with Crippen LogP contribution in [0, 0.1) is 13.8 Å². The van der Waals surface area contributed by atoms with E-state index in [1.807, 2.05) is 26.0 Å². The Labute approximate surface area is 227 Å². The van der Waals surface area contributed by atoms with Gasteiger partial charge in [-0.25, -0.2) is 4.52 Å². The van der Waals surface area contributed by atoms with Crippen LogP contribution in [0.5, 0.6) is 0 Å². The maximum atomic E-state index is 13.4. The lowest BCUT2D eigenvalue weighted by Gasteiger charge is -2.10. The van der Waals surface area contributed by atoms with Crippen molar-refractivity contribution < 1.29 is 15.0 Å². The SMILES string of the molecule is Cc1nn(CC(O)CO)c(C)c1-c1ccn2ncc(C(=O)Nc3cc(-c4nnn(C5CC5)n4)ccc3Cl)c2c1. The van der Waals surface area contributed by atoms with E-state index in [0.29, 0.717) is 39.2 Å². The molecule has 0 bridgehead atoms. The summed E-state index contributed by atoms with van der Waals surface area (Å²) in [7, 11) is 0. The Kier molecular flexibility index (Phi) is 6.37. The van der Waals surface area contributed by atoms with Crippen LogP contribution in [-0.4, -0.2) is 68.4 Å². The highest BCUT2D eigenvalue weighted by Gasteiger charge is 2.27. The van der Waals surface area contributed by atoms with E-state index in [-0.39, 0.29) is 19.1 Å². The van der Waals surface area contributed by atoms with Gasteiger partial charge in [0.25, 0.3) is 5.91 Å². The molecule has 0 aliphatic heterocycles. The van der Waals surface area contributed by atoms with Crippen molar-refractivity contribution in [3.8, 4) is 22.5 Å². The summed E-state index contributed by atoms with van der Waals surface area (Å²) in [6.07, 6.45) is 4.48. The molecule has 0 saturated heterocycles. The normalized spacial score (nSPS) is 14.2. The Morgan fingerprint density at radius 1 is 1.18 bits per heavy atom. The molecule has 3 N–H and O–H groups in total. The van der Waals surface area contributed by atoms with Crippen LogP contribution >= 0.6 is 11.6 Å². The van der Waals surface area contributed by atoms with Gasteiger partial charge in [-0.15, -0.1) is 10.2 Å². The largest absolute Gasteiger partial charge is 0.394 e. The van der Waals surface area contributed by atoms with Gasteiger partial charge >= 0.3 is 0 Å². The first-order chi connectivity index (χ1) is 18.8. The molecule has 1 aromatic carbocycles. The van der Waals surface area contributed by atoms with E-state index in [0.717, 1.165) is 35.4 Å². The summed E-state index contributed by atoms with van der Waals surface area (Å²) in [6, 6.07) is 9.30. The summed E-state index contributed by atoms with van der Waals surface area (Å²) < 4.78 is 3.30. The zero-order chi connectivity index (χ0) is 27.3. The molecule has 1 aliphatic carbocycles. The number of carbonyl (C=O) groups is 1. The first-order valence-electron chi connectivity index (χ1n) is 12.5. The minimum atomic E-state index is -0.908. The smallest absolute Gasteiger partial charge is 0.259 e. The summed E-state index contributed by atoms with van der Waals surface area (Å²) in [4.78, 5) is 15.0. The molecule has 1 amide bonds. The Morgan fingerprint density at radius 3 is 2.77 bits per heavy atom. The fraction of sp³-hybridized carbons (Fsp3) is 0.308.